The van der Waals surface area contributed by atoms with E-state index in [1.54, 1.807) is 29.5 Å². The summed E-state index contributed by atoms with van der Waals surface area (Å²) in [6, 6.07) is 0. The first-order valence-electron chi connectivity index (χ1n) is 4.18. The van der Waals surface area contributed by atoms with Crippen LogP contribution in [0.2, 0.25) is 0 Å². The summed E-state index contributed by atoms with van der Waals surface area (Å²) in [6.45, 7) is 5.50. The van der Waals surface area contributed by atoms with Gasteiger partial charge in [0.05, 0.1) is 12.6 Å². The van der Waals surface area contributed by atoms with Crippen molar-refractivity contribution in [3.63, 3.8) is 0 Å². The molecule has 0 radical (unpaired) electrons. The minimum atomic E-state index is -0.227. The predicted octanol–water partition coefficient (Wildman–Crippen LogP) is 0.631. The maximum atomic E-state index is 11.0. The molecule has 0 fully saturated rings. The van der Waals surface area contributed by atoms with Gasteiger partial charge in [-0.05, 0) is 11.2 Å². The van der Waals surface area contributed by atoms with E-state index in [4.69, 9.17) is 4.84 Å². The quantitative estimate of drug-likeness (QED) is 0.639. The van der Waals surface area contributed by atoms with Crippen LogP contribution in [0.4, 0.5) is 0 Å². The second-order valence-electron chi connectivity index (χ2n) is 2.62. The van der Waals surface area contributed by atoms with Gasteiger partial charge in [-0.15, -0.1) is 0 Å². The van der Waals surface area contributed by atoms with Crippen LogP contribution in [0.15, 0.2) is 25.3 Å². The lowest BCUT2D eigenvalue weighted by molar-refractivity contribution is -0.568. The molecule has 0 amide bonds. The molecular weight excluding hydrogens is 168 g/mol. The number of hydrogen-bond acceptors (Lipinski definition) is 2. The average Bonchev–Trinajstić information content (AvgIpc) is 2.52. The van der Waals surface area contributed by atoms with E-state index in [0.29, 0.717) is 6.42 Å². The summed E-state index contributed by atoms with van der Waals surface area (Å²) in [4.78, 5) is 16.0. The van der Waals surface area contributed by atoms with Crippen LogP contribution in [0.1, 0.15) is 19.8 Å². The van der Waals surface area contributed by atoms with Gasteiger partial charge >= 0.3 is 5.97 Å². The molecule has 0 saturated heterocycles. The van der Waals surface area contributed by atoms with Crippen molar-refractivity contribution in [1.29, 1.82) is 0 Å². The Kier molecular flexibility index (Phi) is 3.25. The molecule has 4 nitrogen and oxygen atoms in total. The molecule has 70 valence electrons. The van der Waals surface area contributed by atoms with Crippen LogP contribution < -0.4 is 9.40 Å². The second-order valence-corrected chi connectivity index (χ2v) is 2.62. The monoisotopic (exact) mass is 181 g/mol. The lowest BCUT2D eigenvalue weighted by atomic mass is 10.3. The fraction of sp³-hybridized carbons (Fsp3) is 0.333. The molecule has 0 N–H and O–H groups in total. The van der Waals surface area contributed by atoms with E-state index in [9.17, 15) is 4.79 Å². The first-order chi connectivity index (χ1) is 6.26. The van der Waals surface area contributed by atoms with Gasteiger partial charge in [0.25, 0.3) is 6.33 Å². The Morgan fingerprint density at radius 1 is 1.77 bits per heavy atom. The molecule has 4 heteroatoms. The zero-order valence-electron chi connectivity index (χ0n) is 7.64. The van der Waals surface area contributed by atoms with Gasteiger partial charge in [-0.25, -0.2) is 9.36 Å². The summed E-state index contributed by atoms with van der Waals surface area (Å²) in [5.41, 5.74) is 0. The minimum absolute atomic E-state index is 0.227. The number of carbonyl (C=O) groups is 1. The van der Waals surface area contributed by atoms with Gasteiger partial charge in [-0.1, -0.05) is 13.5 Å². The summed E-state index contributed by atoms with van der Waals surface area (Å²) < 4.78 is 3.05. The number of aromatic nitrogens is 2. The van der Waals surface area contributed by atoms with Crippen LogP contribution >= 0.6 is 0 Å². The van der Waals surface area contributed by atoms with Crippen LogP contribution in [0.25, 0.3) is 6.20 Å². The minimum Gasteiger partial charge on any atom is -0.258 e. The molecule has 0 aliphatic rings. The van der Waals surface area contributed by atoms with Crippen molar-refractivity contribution in [2.75, 3.05) is 0 Å². The van der Waals surface area contributed by atoms with Crippen LogP contribution in [0.3, 0.4) is 0 Å². The van der Waals surface area contributed by atoms with E-state index in [0.717, 1.165) is 6.42 Å². The largest absolute Gasteiger partial charge is 0.357 e. The SMILES string of the molecule is C=C[n+]1ccn(OC(=O)CCC)c1. The van der Waals surface area contributed by atoms with E-state index in [2.05, 4.69) is 6.58 Å². The van der Waals surface area contributed by atoms with Crippen molar-refractivity contribution in [3.8, 4) is 0 Å². The molecule has 0 aromatic carbocycles. The highest BCUT2D eigenvalue weighted by molar-refractivity contribution is 5.69. The highest BCUT2D eigenvalue weighted by atomic mass is 16.7. The van der Waals surface area contributed by atoms with Gasteiger partial charge in [0.1, 0.15) is 6.20 Å². The van der Waals surface area contributed by atoms with Crippen molar-refractivity contribution in [1.82, 2.24) is 4.73 Å². The summed E-state index contributed by atoms with van der Waals surface area (Å²) in [5, 5.41) is 0. The molecule has 0 unspecified atom stereocenters. The molecule has 0 atom stereocenters. The summed E-state index contributed by atoms with van der Waals surface area (Å²) in [6.07, 6.45) is 7.86. The number of hydrogen-bond donors (Lipinski definition) is 0. The van der Waals surface area contributed by atoms with Crippen LogP contribution in [0.5, 0.6) is 0 Å². The second kappa shape index (κ2) is 4.45. The van der Waals surface area contributed by atoms with E-state index < -0.39 is 0 Å². The third-order valence-electron chi connectivity index (χ3n) is 1.51. The molecule has 0 aliphatic carbocycles. The van der Waals surface area contributed by atoms with Crippen molar-refractivity contribution in [3.05, 3.63) is 25.3 Å². The van der Waals surface area contributed by atoms with Gasteiger partial charge in [-0.3, -0.25) is 4.84 Å². The van der Waals surface area contributed by atoms with Crippen LogP contribution in [-0.2, 0) is 4.79 Å². The molecule has 0 bridgehead atoms. The van der Waals surface area contributed by atoms with Crippen molar-refractivity contribution in [2.45, 2.75) is 19.8 Å². The Labute approximate surface area is 77.0 Å². The maximum Gasteiger partial charge on any atom is 0.357 e. The smallest absolute Gasteiger partial charge is 0.258 e. The molecular formula is C9H13N2O2+. The number of imidazole rings is 1. The van der Waals surface area contributed by atoms with Crippen LogP contribution in [-0.4, -0.2) is 10.7 Å². The number of carbonyl (C=O) groups excluding carboxylic acids is 1. The van der Waals surface area contributed by atoms with E-state index >= 15 is 0 Å². The van der Waals surface area contributed by atoms with Crippen molar-refractivity contribution in [2.24, 2.45) is 0 Å². The van der Waals surface area contributed by atoms with Crippen molar-refractivity contribution < 1.29 is 14.2 Å². The van der Waals surface area contributed by atoms with Crippen LogP contribution in [0, 0.1) is 0 Å². The fourth-order valence-electron chi connectivity index (χ4n) is 0.880. The summed E-state index contributed by atoms with van der Waals surface area (Å²) >= 11 is 0. The van der Waals surface area contributed by atoms with Gasteiger partial charge in [-0.2, -0.15) is 0 Å². The first kappa shape index (κ1) is 9.51. The van der Waals surface area contributed by atoms with Crippen molar-refractivity contribution >= 4 is 12.2 Å². The topological polar surface area (TPSA) is 35.1 Å². The Hall–Kier alpha value is -1.58. The summed E-state index contributed by atoms with van der Waals surface area (Å²) in [5.74, 6) is -0.227. The molecule has 0 aliphatic heterocycles. The highest BCUT2D eigenvalue weighted by Crippen LogP contribution is 1.88. The highest BCUT2D eigenvalue weighted by Gasteiger charge is 2.07. The van der Waals surface area contributed by atoms with E-state index in [1.807, 2.05) is 6.92 Å². The zero-order chi connectivity index (χ0) is 9.68. The Bertz CT molecular complexity index is 304. The Balaban J connectivity index is 2.53. The predicted molar refractivity (Wildman–Crippen MR) is 47.5 cm³/mol. The molecule has 1 rings (SSSR count). The summed E-state index contributed by atoms with van der Waals surface area (Å²) in [7, 11) is 0. The van der Waals surface area contributed by atoms with E-state index in [1.165, 1.54) is 4.73 Å². The maximum absolute atomic E-state index is 11.0. The normalized spacial score (nSPS) is 9.62. The zero-order valence-corrected chi connectivity index (χ0v) is 7.64. The molecule has 0 spiro atoms. The Morgan fingerprint density at radius 3 is 3.08 bits per heavy atom. The number of nitrogens with zero attached hydrogens (tertiary/aromatic N) is 2. The first-order valence-corrected chi connectivity index (χ1v) is 4.18. The Morgan fingerprint density at radius 2 is 2.54 bits per heavy atom. The lowest BCUT2D eigenvalue weighted by Crippen LogP contribution is -2.24. The van der Waals surface area contributed by atoms with Gasteiger partial charge in [0, 0.05) is 0 Å². The lowest BCUT2D eigenvalue weighted by Gasteiger charge is -1.94. The van der Waals surface area contributed by atoms with E-state index in [-0.39, 0.29) is 5.97 Å². The standard InChI is InChI=1S/C9H13N2O2/c1-3-5-9(12)13-11-7-6-10(4-2)8-11/h4,6-8H,2-3,5H2,1H3/q+1. The molecule has 1 heterocycles. The molecule has 1 aromatic heterocycles. The fourth-order valence-corrected chi connectivity index (χ4v) is 0.880. The molecule has 1 aromatic rings. The molecule has 13 heavy (non-hydrogen) atoms. The average molecular weight is 181 g/mol. The number of rotatable bonds is 4. The third kappa shape index (κ3) is 2.74. The molecule has 0 saturated carbocycles. The van der Waals surface area contributed by atoms with Gasteiger partial charge in [0.2, 0.25) is 0 Å². The van der Waals surface area contributed by atoms with Gasteiger partial charge < -0.3 is 0 Å². The third-order valence-corrected chi connectivity index (χ3v) is 1.51. The van der Waals surface area contributed by atoms with Gasteiger partial charge in [0.15, 0.2) is 6.20 Å².